The molecular formula is C24H24N4O. The first-order valence-corrected chi connectivity index (χ1v) is 9.77. The summed E-state index contributed by atoms with van der Waals surface area (Å²) in [6.45, 7) is 5.91. The Labute approximate surface area is 171 Å². The molecule has 1 unspecified atom stereocenters. The van der Waals surface area contributed by atoms with Gasteiger partial charge in [-0.05, 0) is 30.0 Å². The SMILES string of the molecule is CC(C)(C)C(O)(c1cncnc1)c1ccc(-c2ccc(C3(C#N)CC3)cc2)cn1. The summed E-state index contributed by atoms with van der Waals surface area (Å²) in [6, 6.07) is 14.4. The zero-order chi connectivity index (χ0) is 20.7. The molecule has 3 aromatic rings. The fourth-order valence-corrected chi connectivity index (χ4v) is 3.80. The Kier molecular flexibility index (Phi) is 4.48. The van der Waals surface area contributed by atoms with Gasteiger partial charge in [0.15, 0.2) is 0 Å². The van der Waals surface area contributed by atoms with Gasteiger partial charge >= 0.3 is 0 Å². The van der Waals surface area contributed by atoms with Crippen LogP contribution in [0.4, 0.5) is 0 Å². The van der Waals surface area contributed by atoms with Crippen molar-refractivity contribution in [2.75, 3.05) is 0 Å². The first-order chi connectivity index (χ1) is 13.8. The third kappa shape index (κ3) is 3.20. The third-order valence-electron chi connectivity index (χ3n) is 5.93. The van der Waals surface area contributed by atoms with E-state index in [1.54, 1.807) is 18.6 Å². The second kappa shape index (κ2) is 6.75. The van der Waals surface area contributed by atoms with E-state index in [1.165, 1.54) is 6.33 Å². The van der Waals surface area contributed by atoms with Gasteiger partial charge in [0.05, 0.1) is 17.2 Å². The Morgan fingerprint density at radius 1 is 0.931 bits per heavy atom. The lowest BCUT2D eigenvalue weighted by Crippen LogP contribution is -2.42. The highest BCUT2D eigenvalue weighted by molar-refractivity contribution is 5.63. The molecule has 1 saturated carbocycles. The van der Waals surface area contributed by atoms with Crippen LogP contribution >= 0.6 is 0 Å². The van der Waals surface area contributed by atoms with Crippen LogP contribution in [0.5, 0.6) is 0 Å². The first kappa shape index (κ1) is 19.2. The van der Waals surface area contributed by atoms with Crippen LogP contribution in [-0.4, -0.2) is 20.1 Å². The van der Waals surface area contributed by atoms with Crippen LogP contribution in [0, 0.1) is 16.7 Å². The average molecular weight is 384 g/mol. The highest BCUT2D eigenvalue weighted by Crippen LogP contribution is 2.48. The van der Waals surface area contributed by atoms with E-state index >= 15 is 0 Å². The van der Waals surface area contributed by atoms with E-state index in [9.17, 15) is 10.4 Å². The molecule has 2 aromatic heterocycles. The van der Waals surface area contributed by atoms with Crippen molar-refractivity contribution in [2.45, 2.75) is 44.6 Å². The van der Waals surface area contributed by atoms with Crippen LogP contribution in [0.2, 0.25) is 0 Å². The van der Waals surface area contributed by atoms with Gasteiger partial charge in [0, 0.05) is 35.1 Å². The molecule has 1 aliphatic rings. The lowest BCUT2D eigenvalue weighted by Gasteiger charge is -2.39. The van der Waals surface area contributed by atoms with Crippen LogP contribution in [0.1, 0.15) is 50.4 Å². The highest BCUT2D eigenvalue weighted by Gasteiger charge is 2.45. The van der Waals surface area contributed by atoms with E-state index in [4.69, 9.17) is 0 Å². The van der Waals surface area contributed by atoms with Crippen molar-refractivity contribution in [1.29, 1.82) is 5.26 Å². The van der Waals surface area contributed by atoms with E-state index in [-0.39, 0.29) is 5.41 Å². The van der Waals surface area contributed by atoms with E-state index in [1.807, 2.05) is 57.2 Å². The lowest BCUT2D eigenvalue weighted by molar-refractivity contribution is -0.0301. The van der Waals surface area contributed by atoms with Crippen LogP contribution in [-0.2, 0) is 11.0 Å². The van der Waals surface area contributed by atoms with Gasteiger partial charge in [-0.25, -0.2) is 9.97 Å². The maximum absolute atomic E-state index is 11.6. The predicted molar refractivity (Wildman–Crippen MR) is 111 cm³/mol. The van der Waals surface area contributed by atoms with Gasteiger partial charge in [-0.3, -0.25) is 4.98 Å². The Balaban J connectivity index is 1.67. The van der Waals surface area contributed by atoms with Gasteiger partial charge in [-0.2, -0.15) is 5.26 Å². The summed E-state index contributed by atoms with van der Waals surface area (Å²) in [5.74, 6) is 0. The van der Waals surface area contributed by atoms with Crippen molar-refractivity contribution in [3.63, 3.8) is 0 Å². The second-order valence-electron chi connectivity index (χ2n) is 8.79. The molecule has 1 N–H and O–H groups in total. The molecule has 1 atom stereocenters. The molecule has 146 valence electrons. The number of nitriles is 1. The minimum Gasteiger partial charge on any atom is -0.378 e. The van der Waals surface area contributed by atoms with Gasteiger partial charge in [-0.15, -0.1) is 0 Å². The largest absolute Gasteiger partial charge is 0.378 e. The van der Waals surface area contributed by atoms with E-state index in [0.717, 1.165) is 29.5 Å². The maximum atomic E-state index is 11.6. The molecule has 4 rings (SSSR count). The molecule has 0 amide bonds. The number of hydrogen-bond acceptors (Lipinski definition) is 5. The molecule has 0 aliphatic heterocycles. The number of nitrogens with zero attached hydrogens (tertiary/aromatic N) is 4. The Morgan fingerprint density at radius 2 is 1.55 bits per heavy atom. The molecule has 5 heteroatoms. The number of aromatic nitrogens is 3. The third-order valence-corrected chi connectivity index (χ3v) is 5.93. The minimum absolute atomic E-state index is 0.276. The number of benzene rings is 1. The Bertz CT molecular complexity index is 1040. The Hall–Kier alpha value is -3.10. The molecule has 0 bridgehead atoms. The molecule has 5 nitrogen and oxygen atoms in total. The number of hydrogen-bond donors (Lipinski definition) is 1. The van der Waals surface area contributed by atoms with Crippen LogP contribution in [0.3, 0.4) is 0 Å². The smallest absolute Gasteiger partial charge is 0.139 e. The van der Waals surface area contributed by atoms with Crippen molar-refractivity contribution in [1.82, 2.24) is 15.0 Å². The number of rotatable bonds is 4. The fraction of sp³-hybridized carbons (Fsp3) is 0.333. The van der Waals surface area contributed by atoms with Crippen molar-refractivity contribution in [2.24, 2.45) is 5.41 Å². The van der Waals surface area contributed by atoms with Gasteiger partial charge in [0.25, 0.3) is 0 Å². The van der Waals surface area contributed by atoms with Gasteiger partial charge in [-0.1, -0.05) is 51.1 Å². The summed E-state index contributed by atoms with van der Waals surface area (Å²) >= 11 is 0. The molecular weight excluding hydrogens is 360 g/mol. The van der Waals surface area contributed by atoms with Crippen LogP contribution in [0.25, 0.3) is 11.1 Å². The Morgan fingerprint density at radius 3 is 2.03 bits per heavy atom. The van der Waals surface area contributed by atoms with Crippen molar-refractivity contribution >= 4 is 0 Å². The quantitative estimate of drug-likeness (QED) is 0.722. The summed E-state index contributed by atoms with van der Waals surface area (Å²) in [6.07, 6.45) is 8.37. The van der Waals surface area contributed by atoms with Gasteiger partial charge in [0.2, 0.25) is 0 Å². The fourth-order valence-electron chi connectivity index (χ4n) is 3.80. The maximum Gasteiger partial charge on any atom is 0.139 e. The monoisotopic (exact) mass is 384 g/mol. The standard InChI is InChI=1S/C24H24N4O/c1-22(2,3)24(29,20-13-26-16-27-14-20)21-9-6-18(12-28-21)17-4-7-19(8-5-17)23(15-25)10-11-23/h4-9,12-14,16,29H,10-11H2,1-3H3. The van der Waals surface area contributed by atoms with Crippen molar-refractivity contribution in [3.8, 4) is 17.2 Å². The van der Waals surface area contributed by atoms with E-state index < -0.39 is 11.0 Å². The molecule has 0 saturated heterocycles. The predicted octanol–water partition coefficient (Wildman–Crippen LogP) is 4.38. The van der Waals surface area contributed by atoms with Crippen LogP contribution < -0.4 is 0 Å². The molecule has 1 aromatic carbocycles. The topological polar surface area (TPSA) is 82.7 Å². The molecule has 29 heavy (non-hydrogen) atoms. The van der Waals surface area contributed by atoms with E-state index in [0.29, 0.717) is 11.3 Å². The minimum atomic E-state index is -1.32. The summed E-state index contributed by atoms with van der Waals surface area (Å²) in [5.41, 5.74) is 2.14. The molecule has 0 spiro atoms. The van der Waals surface area contributed by atoms with Crippen molar-refractivity contribution < 1.29 is 5.11 Å². The second-order valence-corrected chi connectivity index (χ2v) is 8.79. The lowest BCUT2D eigenvalue weighted by atomic mass is 9.70. The number of pyridine rings is 1. The summed E-state index contributed by atoms with van der Waals surface area (Å²) in [4.78, 5) is 12.8. The summed E-state index contributed by atoms with van der Waals surface area (Å²) in [7, 11) is 0. The van der Waals surface area contributed by atoms with Crippen LogP contribution in [0.15, 0.2) is 61.3 Å². The zero-order valence-corrected chi connectivity index (χ0v) is 16.9. The molecule has 0 radical (unpaired) electrons. The average Bonchev–Trinajstić information content (AvgIpc) is 3.55. The van der Waals surface area contributed by atoms with E-state index in [2.05, 4.69) is 21.0 Å². The summed E-state index contributed by atoms with van der Waals surface area (Å²) < 4.78 is 0. The molecule has 1 aliphatic carbocycles. The normalized spacial score (nSPS) is 17.2. The summed E-state index contributed by atoms with van der Waals surface area (Å²) in [5, 5.41) is 21.0. The van der Waals surface area contributed by atoms with Crippen molar-refractivity contribution in [3.05, 3.63) is 78.1 Å². The van der Waals surface area contributed by atoms with Gasteiger partial charge < -0.3 is 5.11 Å². The highest BCUT2D eigenvalue weighted by atomic mass is 16.3. The zero-order valence-electron chi connectivity index (χ0n) is 16.9. The molecule has 2 heterocycles. The number of aliphatic hydroxyl groups is 1. The first-order valence-electron chi connectivity index (χ1n) is 9.77. The van der Waals surface area contributed by atoms with Gasteiger partial charge in [0.1, 0.15) is 11.9 Å². The molecule has 1 fully saturated rings.